The molecule has 17 heavy (non-hydrogen) atoms. The van der Waals surface area contributed by atoms with Gasteiger partial charge in [-0.2, -0.15) is 0 Å². The number of carbonyl (C=O) groups is 1. The molecule has 0 aliphatic heterocycles. The molecule has 0 aliphatic carbocycles. The highest BCUT2D eigenvalue weighted by Crippen LogP contribution is 2.13. The van der Waals surface area contributed by atoms with Gasteiger partial charge in [0.1, 0.15) is 5.82 Å². The van der Waals surface area contributed by atoms with Crippen LogP contribution in [0.4, 0.5) is 4.39 Å². The Labute approximate surface area is 102 Å². The molecule has 1 nitrogen and oxygen atoms in total. The van der Waals surface area contributed by atoms with Crippen LogP contribution < -0.4 is 0 Å². The van der Waals surface area contributed by atoms with E-state index in [4.69, 9.17) is 0 Å². The van der Waals surface area contributed by atoms with Crippen molar-refractivity contribution in [3.63, 3.8) is 0 Å². The molecule has 0 radical (unpaired) electrons. The molecule has 1 aromatic rings. The molecule has 0 unspecified atom stereocenters. The summed E-state index contributed by atoms with van der Waals surface area (Å²) in [6, 6.07) is 4.50. The van der Waals surface area contributed by atoms with E-state index < -0.39 is 0 Å². The van der Waals surface area contributed by atoms with Crippen molar-refractivity contribution in [2.24, 2.45) is 0 Å². The first-order valence-electron chi connectivity index (χ1n) is 6.05. The summed E-state index contributed by atoms with van der Waals surface area (Å²) < 4.78 is 13.1. The molecule has 2 heteroatoms. The van der Waals surface area contributed by atoms with Crippen molar-refractivity contribution in [2.75, 3.05) is 0 Å². The highest BCUT2D eigenvalue weighted by atomic mass is 19.1. The van der Waals surface area contributed by atoms with Crippen molar-refractivity contribution in [1.82, 2.24) is 0 Å². The Balaban J connectivity index is 2.44. The topological polar surface area (TPSA) is 17.1 Å². The number of benzene rings is 1. The predicted molar refractivity (Wildman–Crippen MR) is 68.7 cm³/mol. The standard InChI is InChI=1S/C15H19FO/c1-3-4-5-6-7-8-15(17)13-9-12(2)10-14(16)11-13/h3,9-11H,1,4-8H2,2H3. The highest BCUT2D eigenvalue weighted by Gasteiger charge is 2.07. The van der Waals surface area contributed by atoms with Gasteiger partial charge in [-0.15, -0.1) is 6.58 Å². The average molecular weight is 234 g/mol. The SMILES string of the molecule is C=CCCCCCC(=O)c1cc(C)cc(F)c1. The van der Waals surface area contributed by atoms with E-state index in [2.05, 4.69) is 6.58 Å². The van der Waals surface area contributed by atoms with Crippen molar-refractivity contribution >= 4 is 5.78 Å². The number of hydrogen-bond acceptors (Lipinski definition) is 1. The average Bonchev–Trinajstić information content (AvgIpc) is 2.27. The molecule has 0 amide bonds. The summed E-state index contributed by atoms with van der Waals surface area (Å²) in [5.74, 6) is -0.300. The summed E-state index contributed by atoms with van der Waals surface area (Å²) in [5, 5.41) is 0. The van der Waals surface area contributed by atoms with Gasteiger partial charge in [0.2, 0.25) is 0 Å². The molecular formula is C15H19FO. The number of unbranched alkanes of at least 4 members (excludes halogenated alkanes) is 3. The zero-order valence-electron chi connectivity index (χ0n) is 10.3. The second-order valence-electron chi connectivity index (χ2n) is 4.33. The van der Waals surface area contributed by atoms with E-state index in [0.717, 1.165) is 31.2 Å². The van der Waals surface area contributed by atoms with Crippen LogP contribution in [0.25, 0.3) is 0 Å². The maximum Gasteiger partial charge on any atom is 0.162 e. The van der Waals surface area contributed by atoms with Crippen molar-refractivity contribution in [3.05, 3.63) is 47.8 Å². The number of carbonyl (C=O) groups excluding carboxylic acids is 1. The van der Waals surface area contributed by atoms with Crippen molar-refractivity contribution in [3.8, 4) is 0 Å². The second kappa shape index (κ2) is 7.00. The van der Waals surface area contributed by atoms with Crippen LogP contribution in [-0.4, -0.2) is 5.78 Å². The first-order chi connectivity index (χ1) is 8.13. The number of Topliss-reactive ketones (excluding diaryl/α,β-unsaturated/α-hetero) is 1. The smallest absolute Gasteiger partial charge is 0.162 e. The minimum atomic E-state index is -0.333. The molecule has 1 rings (SSSR count). The molecule has 0 atom stereocenters. The third-order valence-electron chi connectivity index (χ3n) is 2.68. The molecule has 0 aliphatic rings. The molecule has 0 heterocycles. The van der Waals surface area contributed by atoms with E-state index >= 15 is 0 Å². The second-order valence-corrected chi connectivity index (χ2v) is 4.33. The monoisotopic (exact) mass is 234 g/mol. The van der Waals surface area contributed by atoms with Gasteiger partial charge in [-0.05, 0) is 49.9 Å². The Morgan fingerprint density at radius 3 is 2.71 bits per heavy atom. The lowest BCUT2D eigenvalue weighted by Gasteiger charge is -2.03. The number of aryl methyl sites for hydroxylation is 1. The Morgan fingerprint density at radius 1 is 1.29 bits per heavy atom. The highest BCUT2D eigenvalue weighted by molar-refractivity contribution is 5.96. The van der Waals surface area contributed by atoms with Crippen LogP contribution in [0, 0.1) is 12.7 Å². The van der Waals surface area contributed by atoms with Gasteiger partial charge in [0.15, 0.2) is 5.78 Å². The van der Waals surface area contributed by atoms with Gasteiger partial charge in [0.25, 0.3) is 0 Å². The Morgan fingerprint density at radius 2 is 2.06 bits per heavy atom. The van der Waals surface area contributed by atoms with E-state index in [1.165, 1.54) is 12.1 Å². The fourth-order valence-electron chi connectivity index (χ4n) is 1.79. The first kappa shape index (κ1) is 13.6. The van der Waals surface area contributed by atoms with E-state index in [0.29, 0.717) is 12.0 Å². The summed E-state index contributed by atoms with van der Waals surface area (Å²) >= 11 is 0. The van der Waals surface area contributed by atoms with E-state index in [1.54, 1.807) is 13.0 Å². The summed E-state index contributed by atoms with van der Waals surface area (Å²) in [4.78, 5) is 11.8. The van der Waals surface area contributed by atoms with Crippen LogP contribution in [0.15, 0.2) is 30.9 Å². The van der Waals surface area contributed by atoms with Crippen LogP contribution in [-0.2, 0) is 0 Å². The van der Waals surface area contributed by atoms with Crippen LogP contribution in [0.5, 0.6) is 0 Å². The normalized spacial score (nSPS) is 10.2. The number of ketones is 1. The molecule has 0 spiro atoms. The molecular weight excluding hydrogens is 215 g/mol. The largest absolute Gasteiger partial charge is 0.294 e. The molecule has 1 aromatic carbocycles. The van der Waals surface area contributed by atoms with E-state index in [9.17, 15) is 9.18 Å². The van der Waals surface area contributed by atoms with Crippen LogP contribution >= 0.6 is 0 Å². The van der Waals surface area contributed by atoms with E-state index in [-0.39, 0.29) is 11.6 Å². The summed E-state index contributed by atoms with van der Waals surface area (Å²) in [6.45, 7) is 5.45. The third-order valence-corrected chi connectivity index (χ3v) is 2.68. The number of rotatable bonds is 7. The van der Waals surface area contributed by atoms with Crippen molar-refractivity contribution in [1.29, 1.82) is 0 Å². The molecule has 0 saturated heterocycles. The molecule has 0 bridgehead atoms. The Hall–Kier alpha value is -1.44. The van der Waals surface area contributed by atoms with Gasteiger partial charge in [0.05, 0.1) is 0 Å². The Bertz CT molecular complexity index is 376. The van der Waals surface area contributed by atoms with Crippen molar-refractivity contribution < 1.29 is 9.18 Å². The maximum atomic E-state index is 13.1. The lowest BCUT2D eigenvalue weighted by Crippen LogP contribution is -2.00. The van der Waals surface area contributed by atoms with Crippen molar-refractivity contribution in [2.45, 2.75) is 39.0 Å². The number of halogens is 1. The summed E-state index contributed by atoms with van der Waals surface area (Å²) in [5.41, 5.74) is 1.28. The maximum absolute atomic E-state index is 13.1. The fraction of sp³-hybridized carbons (Fsp3) is 0.400. The van der Waals surface area contributed by atoms with Gasteiger partial charge in [-0.1, -0.05) is 12.5 Å². The lowest BCUT2D eigenvalue weighted by molar-refractivity contribution is 0.0978. The molecule has 0 aromatic heterocycles. The van der Waals surface area contributed by atoms with Crippen LogP contribution in [0.1, 0.15) is 48.0 Å². The molecule has 92 valence electrons. The van der Waals surface area contributed by atoms with Gasteiger partial charge < -0.3 is 0 Å². The van der Waals surface area contributed by atoms with Gasteiger partial charge in [0, 0.05) is 12.0 Å². The van der Waals surface area contributed by atoms with E-state index in [1.807, 2.05) is 6.08 Å². The quantitative estimate of drug-likeness (QED) is 0.387. The fourth-order valence-corrected chi connectivity index (χ4v) is 1.79. The molecule has 0 saturated carbocycles. The lowest BCUT2D eigenvalue weighted by atomic mass is 10.0. The summed E-state index contributed by atoms with van der Waals surface area (Å²) in [6.07, 6.45) is 6.33. The minimum Gasteiger partial charge on any atom is -0.294 e. The zero-order valence-corrected chi connectivity index (χ0v) is 10.3. The number of allylic oxidation sites excluding steroid dienone is 1. The first-order valence-corrected chi connectivity index (χ1v) is 6.05. The third kappa shape index (κ3) is 4.94. The van der Waals surface area contributed by atoms with Gasteiger partial charge >= 0.3 is 0 Å². The summed E-state index contributed by atoms with van der Waals surface area (Å²) in [7, 11) is 0. The minimum absolute atomic E-state index is 0.0335. The Kier molecular flexibility index (Phi) is 5.61. The van der Waals surface area contributed by atoms with Crippen LogP contribution in [0.2, 0.25) is 0 Å². The van der Waals surface area contributed by atoms with Gasteiger partial charge in [-0.25, -0.2) is 4.39 Å². The van der Waals surface area contributed by atoms with Crippen LogP contribution in [0.3, 0.4) is 0 Å². The number of hydrogen-bond donors (Lipinski definition) is 0. The van der Waals surface area contributed by atoms with Gasteiger partial charge in [-0.3, -0.25) is 4.79 Å². The zero-order chi connectivity index (χ0) is 12.7. The molecule has 0 N–H and O–H groups in total. The predicted octanol–water partition coefficient (Wildman–Crippen LogP) is 4.45. The molecule has 0 fully saturated rings.